The van der Waals surface area contributed by atoms with E-state index < -0.39 is 16.8 Å². The van der Waals surface area contributed by atoms with Crippen molar-refractivity contribution >= 4 is 39.8 Å². The fourth-order valence-electron chi connectivity index (χ4n) is 4.16. The van der Waals surface area contributed by atoms with Crippen LogP contribution in [0.3, 0.4) is 0 Å². The minimum atomic E-state index is -2.18. The molecule has 3 atom stereocenters. The number of fused-ring (bicyclic) bond motifs is 1. The number of aliphatic hydroxyl groups excluding tert-OH is 1. The Labute approximate surface area is 193 Å². The largest absolute Gasteiger partial charge is 0.393 e. The Morgan fingerprint density at radius 1 is 1.19 bits per heavy atom. The van der Waals surface area contributed by atoms with Crippen molar-refractivity contribution < 1.29 is 29.0 Å². The van der Waals surface area contributed by atoms with Crippen molar-refractivity contribution in [3.63, 3.8) is 0 Å². The van der Waals surface area contributed by atoms with E-state index in [-0.39, 0.29) is 36.1 Å². The highest BCUT2D eigenvalue weighted by Gasteiger charge is 2.31. The first kappa shape index (κ1) is 24.4. The summed E-state index contributed by atoms with van der Waals surface area (Å²) in [6.07, 6.45) is 6.09. The molecule has 0 radical (unpaired) electrons. The normalized spacial score (nSPS) is 27.3. The molecule has 4 rings (SSSR count). The van der Waals surface area contributed by atoms with Crippen molar-refractivity contribution in [2.24, 2.45) is 5.92 Å². The molecule has 0 bridgehead atoms. The molecule has 0 spiro atoms. The van der Waals surface area contributed by atoms with E-state index in [2.05, 4.69) is 20.4 Å². The Bertz CT molecular complexity index is 900. The lowest BCUT2D eigenvalue weighted by Gasteiger charge is -2.25. The molecular formula is C18H28ClN5O6P2. The third-order valence-electron chi connectivity index (χ3n) is 5.83. The summed E-state index contributed by atoms with van der Waals surface area (Å²) >= 11 is 6.19. The van der Waals surface area contributed by atoms with Gasteiger partial charge >= 0.3 is 0 Å². The lowest BCUT2D eigenvalue weighted by atomic mass is 9.87. The molecule has 2 aromatic heterocycles. The summed E-state index contributed by atoms with van der Waals surface area (Å²) in [6, 6.07) is 0. The van der Waals surface area contributed by atoms with E-state index in [1.165, 1.54) is 0 Å². The second kappa shape index (κ2) is 11.1. The smallest absolute Gasteiger partial charge is 0.243 e. The molecule has 14 heteroatoms. The van der Waals surface area contributed by atoms with Crippen LogP contribution in [0.2, 0.25) is 5.28 Å². The van der Waals surface area contributed by atoms with E-state index in [1.54, 1.807) is 10.7 Å². The summed E-state index contributed by atoms with van der Waals surface area (Å²) in [7, 11) is -4.05. The summed E-state index contributed by atoms with van der Waals surface area (Å²) in [4.78, 5) is 36.4. The molecule has 2 aromatic rings. The molecule has 1 aliphatic heterocycles. The van der Waals surface area contributed by atoms with Crippen LogP contribution in [0.15, 0.2) is 6.20 Å². The van der Waals surface area contributed by atoms with E-state index in [0.717, 1.165) is 50.8 Å². The van der Waals surface area contributed by atoms with E-state index in [0.29, 0.717) is 17.4 Å². The number of hydrogen-bond donors (Lipinski definition) is 5. The van der Waals surface area contributed by atoms with Crippen LogP contribution in [0.5, 0.6) is 0 Å². The third-order valence-corrected chi connectivity index (χ3v) is 8.42. The lowest BCUT2D eigenvalue weighted by molar-refractivity contribution is 0.0151. The minimum absolute atomic E-state index is 0.103. The number of halogens is 1. The van der Waals surface area contributed by atoms with Gasteiger partial charge in [0.1, 0.15) is 6.10 Å². The molecule has 2 aliphatic rings. The fraction of sp³-hybridized carbons (Fsp3) is 0.722. The van der Waals surface area contributed by atoms with Crippen molar-refractivity contribution in [1.29, 1.82) is 0 Å². The zero-order valence-electron chi connectivity index (χ0n) is 17.4. The van der Waals surface area contributed by atoms with Crippen LogP contribution in [0, 0.1) is 5.92 Å². The van der Waals surface area contributed by atoms with Gasteiger partial charge in [-0.15, -0.1) is 5.10 Å². The number of aromatic nitrogens is 4. The van der Waals surface area contributed by atoms with Crippen molar-refractivity contribution in [3.8, 4) is 0 Å². The number of imidazole rings is 1. The van der Waals surface area contributed by atoms with Gasteiger partial charge < -0.3 is 34.4 Å². The standard InChI is InChI=1S/C18H28ClN5O6P2/c19-18-22-16(20-7-11-1-3-12(25)4-2-11)17-21-8-14(24(17)23-18)15-6-5-13(30-15)9-29-32(28)10-31(26)27/h8,11-13,15,25-28H,1-7,9-10H2,(H,20,22,23)/t11?,12?,13?,15-,32?/m1/s1. The van der Waals surface area contributed by atoms with Crippen LogP contribution in [0.1, 0.15) is 50.3 Å². The molecule has 32 heavy (non-hydrogen) atoms. The van der Waals surface area contributed by atoms with Gasteiger partial charge in [-0.3, -0.25) is 0 Å². The molecular weight excluding hydrogens is 480 g/mol. The van der Waals surface area contributed by atoms with Gasteiger partial charge in [0.2, 0.25) is 5.28 Å². The van der Waals surface area contributed by atoms with Crippen molar-refractivity contribution in [2.45, 2.75) is 56.8 Å². The van der Waals surface area contributed by atoms with E-state index in [9.17, 15) is 10.00 Å². The van der Waals surface area contributed by atoms with E-state index in [4.69, 9.17) is 30.6 Å². The van der Waals surface area contributed by atoms with Gasteiger partial charge in [0, 0.05) is 6.54 Å². The molecule has 2 fully saturated rings. The Kier molecular flexibility index (Phi) is 8.48. The van der Waals surface area contributed by atoms with Crippen LogP contribution in [0.4, 0.5) is 5.82 Å². The fourth-order valence-corrected chi connectivity index (χ4v) is 5.86. The molecule has 1 aliphatic carbocycles. The number of ether oxygens (including phenoxy) is 1. The second-order valence-electron chi connectivity index (χ2n) is 8.19. The number of aliphatic hydroxyl groups is 1. The quantitative estimate of drug-likeness (QED) is 0.320. The highest BCUT2D eigenvalue weighted by molar-refractivity contribution is 7.63. The topological polar surface area (TPSA) is 154 Å². The molecule has 5 N–H and O–H groups in total. The number of anilines is 1. The van der Waals surface area contributed by atoms with E-state index in [1.807, 2.05) is 0 Å². The first-order valence-corrected chi connectivity index (χ1v) is 13.8. The third kappa shape index (κ3) is 6.23. The Morgan fingerprint density at radius 2 is 1.97 bits per heavy atom. The predicted octanol–water partition coefficient (Wildman–Crippen LogP) is 2.54. The first-order chi connectivity index (χ1) is 15.4. The number of hydrogen-bond acceptors (Lipinski definition) is 10. The van der Waals surface area contributed by atoms with Gasteiger partial charge in [0.05, 0.1) is 36.6 Å². The number of rotatable bonds is 9. The monoisotopic (exact) mass is 507 g/mol. The zero-order valence-corrected chi connectivity index (χ0v) is 20.0. The maximum atomic E-state index is 9.71. The molecule has 178 valence electrons. The maximum Gasteiger partial charge on any atom is 0.243 e. The Hall–Kier alpha value is -0.740. The number of nitrogens with zero attached hydrogens (tertiary/aromatic N) is 4. The summed E-state index contributed by atoms with van der Waals surface area (Å²) in [5, 5.41) is 17.5. The highest BCUT2D eigenvalue weighted by Crippen LogP contribution is 2.44. The van der Waals surface area contributed by atoms with Gasteiger partial charge in [-0.2, -0.15) is 4.98 Å². The first-order valence-electron chi connectivity index (χ1n) is 10.6. The van der Waals surface area contributed by atoms with Gasteiger partial charge in [0.15, 0.2) is 28.2 Å². The summed E-state index contributed by atoms with van der Waals surface area (Å²) < 4.78 is 13.0. The van der Waals surface area contributed by atoms with Gasteiger partial charge in [0.25, 0.3) is 0 Å². The SMILES string of the molecule is OC1CCC(CNc2nc(Cl)nn3c([C@H]4CCC(COP(O)CP(O)O)O4)cnc23)CC1. The predicted molar refractivity (Wildman–Crippen MR) is 120 cm³/mol. The average molecular weight is 508 g/mol. The van der Waals surface area contributed by atoms with Crippen LogP contribution in [-0.4, -0.2) is 70.6 Å². The molecule has 0 aromatic carbocycles. The van der Waals surface area contributed by atoms with Crippen molar-refractivity contribution in [2.75, 3.05) is 24.4 Å². The Balaban J connectivity index is 1.39. The summed E-state index contributed by atoms with van der Waals surface area (Å²) in [5.41, 5.74) is 1.33. The molecule has 2 unspecified atom stereocenters. The van der Waals surface area contributed by atoms with Crippen LogP contribution >= 0.6 is 28.4 Å². The molecule has 11 nitrogen and oxygen atoms in total. The number of nitrogens with one attached hydrogen (secondary N) is 1. The molecule has 3 heterocycles. The van der Waals surface area contributed by atoms with Gasteiger partial charge in [-0.25, -0.2) is 9.50 Å². The van der Waals surface area contributed by atoms with Crippen LogP contribution < -0.4 is 5.32 Å². The van der Waals surface area contributed by atoms with Gasteiger partial charge in [-0.05, 0) is 56.0 Å². The Morgan fingerprint density at radius 3 is 2.72 bits per heavy atom. The lowest BCUT2D eigenvalue weighted by Crippen LogP contribution is -2.24. The summed E-state index contributed by atoms with van der Waals surface area (Å²) in [5.74, 6) is 0.877. The van der Waals surface area contributed by atoms with Crippen molar-refractivity contribution in [3.05, 3.63) is 17.2 Å². The van der Waals surface area contributed by atoms with Crippen LogP contribution in [0.25, 0.3) is 5.65 Å². The minimum Gasteiger partial charge on any atom is -0.393 e. The zero-order chi connectivity index (χ0) is 22.7. The average Bonchev–Trinajstić information content (AvgIpc) is 3.38. The second-order valence-corrected chi connectivity index (χ2v) is 11.4. The molecule has 0 amide bonds. The highest BCUT2D eigenvalue weighted by atomic mass is 35.5. The maximum absolute atomic E-state index is 9.71. The molecule has 1 saturated carbocycles. The summed E-state index contributed by atoms with van der Waals surface area (Å²) in [6.45, 7) is 0.905. The van der Waals surface area contributed by atoms with Crippen molar-refractivity contribution in [1.82, 2.24) is 19.6 Å². The molecule has 1 saturated heterocycles. The van der Waals surface area contributed by atoms with Gasteiger partial charge in [-0.1, -0.05) is 0 Å². The van der Waals surface area contributed by atoms with E-state index >= 15 is 0 Å². The van der Waals surface area contributed by atoms with Crippen LogP contribution in [-0.2, 0) is 9.26 Å².